The fraction of sp³-hybridized carbons (Fsp3) is 0. The van der Waals surface area contributed by atoms with Gasteiger partial charge >= 0.3 is 0 Å². The molecule has 6 aromatic carbocycles. The molecule has 11 aromatic rings. The van der Waals surface area contributed by atoms with Crippen molar-refractivity contribution >= 4 is 43.7 Å². The molecule has 5 nitrogen and oxygen atoms in total. The zero-order valence-corrected chi connectivity index (χ0v) is 29.5. The molecule has 0 aliphatic heterocycles. The summed E-state index contributed by atoms with van der Waals surface area (Å²) in [5.41, 5.74) is 16.8. The van der Waals surface area contributed by atoms with Gasteiger partial charge < -0.3 is 13.6 Å². The molecule has 0 spiro atoms. The number of furan rings is 1. The van der Waals surface area contributed by atoms with Crippen molar-refractivity contribution in [2.45, 2.75) is 0 Å². The van der Waals surface area contributed by atoms with E-state index in [0.29, 0.717) is 0 Å². The van der Waals surface area contributed by atoms with Gasteiger partial charge in [-0.2, -0.15) is 0 Å². The Balaban J connectivity index is 1.06. The maximum atomic E-state index is 6.76. The molecular formula is C50H30N4O. The SMILES string of the molecule is c1ccc(-n2cc3c(c2)-c2cccnc2-c2ncccc2-c2cc(-c4cccc5c4oc4ccc(-n6c7ccccc7c7ccccc76)cc45)ccc2-3)cc1. The van der Waals surface area contributed by atoms with Crippen LogP contribution in [0.1, 0.15) is 0 Å². The van der Waals surface area contributed by atoms with Gasteiger partial charge in [-0.15, -0.1) is 0 Å². The number of aromatic nitrogens is 4. The average Bonchev–Trinajstić information content (AvgIpc) is 3.95. The second kappa shape index (κ2) is 11.5. The molecule has 0 fully saturated rings. The number of nitrogens with zero attached hydrogens (tertiary/aromatic N) is 4. The van der Waals surface area contributed by atoms with Crippen molar-refractivity contribution in [1.29, 1.82) is 0 Å². The van der Waals surface area contributed by atoms with Crippen LogP contribution in [0.4, 0.5) is 0 Å². The van der Waals surface area contributed by atoms with Gasteiger partial charge in [-0.05, 0) is 77.4 Å². The van der Waals surface area contributed by atoms with Crippen LogP contribution >= 0.6 is 0 Å². The highest BCUT2D eigenvalue weighted by Gasteiger charge is 2.26. The first kappa shape index (κ1) is 30.0. The molecule has 5 heteroatoms. The van der Waals surface area contributed by atoms with Crippen LogP contribution in [0.3, 0.4) is 0 Å². The second-order valence-electron chi connectivity index (χ2n) is 14.2. The average molecular weight is 703 g/mol. The van der Waals surface area contributed by atoms with Gasteiger partial charge in [0.25, 0.3) is 0 Å². The minimum atomic E-state index is 0.863. The van der Waals surface area contributed by atoms with Gasteiger partial charge in [0, 0.05) is 85.5 Å². The largest absolute Gasteiger partial charge is 0.455 e. The van der Waals surface area contributed by atoms with Gasteiger partial charge in [-0.1, -0.05) is 97.1 Å². The van der Waals surface area contributed by atoms with Gasteiger partial charge in [-0.25, -0.2) is 0 Å². The molecule has 0 atom stereocenters. The fourth-order valence-electron chi connectivity index (χ4n) is 8.78. The van der Waals surface area contributed by atoms with E-state index in [9.17, 15) is 0 Å². The van der Waals surface area contributed by atoms with E-state index in [2.05, 4.69) is 167 Å². The van der Waals surface area contributed by atoms with E-state index >= 15 is 0 Å². The van der Waals surface area contributed by atoms with Crippen LogP contribution in [-0.2, 0) is 0 Å². The van der Waals surface area contributed by atoms with E-state index in [-0.39, 0.29) is 0 Å². The molecule has 1 aliphatic rings. The van der Waals surface area contributed by atoms with Crippen molar-refractivity contribution < 1.29 is 4.42 Å². The van der Waals surface area contributed by atoms with E-state index < -0.39 is 0 Å². The summed E-state index contributed by atoms with van der Waals surface area (Å²) < 4.78 is 11.3. The van der Waals surface area contributed by atoms with Crippen molar-refractivity contribution in [2.75, 3.05) is 0 Å². The number of hydrogen-bond acceptors (Lipinski definition) is 3. The third kappa shape index (κ3) is 4.41. The first-order chi connectivity index (χ1) is 27.3. The van der Waals surface area contributed by atoms with E-state index in [0.717, 1.165) is 89.2 Å². The lowest BCUT2D eigenvalue weighted by atomic mass is 9.85. The number of para-hydroxylation sites is 4. The van der Waals surface area contributed by atoms with E-state index in [4.69, 9.17) is 14.4 Å². The number of pyridine rings is 2. The van der Waals surface area contributed by atoms with E-state index in [1.54, 1.807) is 0 Å². The number of hydrogen-bond donors (Lipinski definition) is 0. The van der Waals surface area contributed by atoms with Gasteiger partial charge in [0.1, 0.15) is 11.2 Å². The maximum Gasteiger partial charge on any atom is 0.143 e. The Morgan fingerprint density at radius 1 is 0.400 bits per heavy atom. The molecule has 5 aromatic heterocycles. The summed E-state index contributed by atoms with van der Waals surface area (Å²) in [7, 11) is 0. The second-order valence-corrected chi connectivity index (χ2v) is 14.2. The molecule has 5 heterocycles. The molecule has 12 rings (SSSR count). The van der Waals surface area contributed by atoms with Gasteiger partial charge in [-0.3, -0.25) is 9.97 Å². The summed E-state index contributed by atoms with van der Waals surface area (Å²) in [6, 6.07) is 55.9. The highest BCUT2D eigenvalue weighted by atomic mass is 16.3. The topological polar surface area (TPSA) is 48.8 Å². The Morgan fingerprint density at radius 3 is 1.78 bits per heavy atom. The molecular weight excluding hydrogens is 673 g/mol. The molecule has 0 saturated carbocycles. The van der Waals surface area contributed by atoms with Crippen LogP contribution in [0.15, 0.2) is 187 Å². The lowest BCUT2D eigenvalue weighted by Gasteiger charge is -2.20. The Kier molecular flexibility index (Phi) is 6.27. The molecule has 0 N–H and O–H groups in total. The Hall–Kier alpha value is -7.50. The molecule has 0 amide bonds. The summed E-state index contributed by atoms with van der Waals surface area (Å²) in [5.74, 6) is 0. The van der Waals surface area contributed by atoms with Crippen LogP contribution < -0.4 is 0 Å². The van der Waals surface area contributed by atoms with Crippen molar-refractivity contribution in [3.63, 3.8) is 0 Å². The summed E-state index contributed by atoms with van der Waals surface area (Å²) in [4.78, 5) is 9.89. The Morgan fingerprint density at radius 2 is 1.04 bits per heavy atom. The smallest absolute Gasteiger partial charge is 0.143 e. The summed E-state index contributed by atoms with van der Waals surface area (Å²) in [6.45, 7) is 0. The van der Waals surface area contributed by atoms with Crippen molar-refractivity contribution in [3.05, 3.63) is 183 Å². The van der Waals surface area contributed by atoms with Gasteiger partial charge in [0.05, 0.1) is 22.4 Å². The number of benzene rings is 6. The molecule has 1 aliphatic carbocycles. The zero-order valence-electron chi connectivity index (χ0n) is 29.5. The molecule has 0 saturated heterocycles. The Bertz CT molecular complexity index is 3280. The minimum Gasteiger partial charge on any atom is -0.455 e. The molecule has 0 unspecified atom stereocenters. The molecule has 0 radical (unpaired) electrons. The van der Waals surface area contributed by atoms with Crippen molar-refractivity contribution in [1.82, 2.24) is 19.1 Å². The third-order valence-electron chi connectivity index (χ3n) is 11.2. The molecule has 256 valence electrons. The maximum absolute atomic E-state index is 6.76. The van der Waals surface area contributed by atoms with Crippen LogP contribution in [-0.4, -0.2) is 19.1 Å². The first-order valence-electron chi connectivity index (χ1n) is 18.6. The summed E-state index contributed by atoms with van der Waals surface area (Å²) in [5, 5.41) is 4.67. The number of rotatable bonds is 3. The highest BCUT2D eigenvalue weighted by Crippen LogP contribution is 2.48. The quantitative estimate of drug-likeness (QED) is 0.184. The van der Waals surface area contributed by atoms with E-state index in [1.807, 2.05) is 24.5 Å². The van der Waals surface area contributed by atoms with Crippen LogP contribution in [0.2, 0.25) is 0 Å². The van der Waals surface area contributed by atoms with Gasteiger partial charge in [0.15, 0.2) is 0 Å². The lowest BCUT2D eigenvalue weighted by Crippen LogP contribution is -1.99. The van der Waals surface area contributed by atoms with Gasteiger partial charge in [0.2, 0.25) is 0 Å². The van der Waals surface area contributed by atoms with E-state index in [1.165, 1.54) is 21.8 Å². The first-order valence-corrected chi connectivity index (χ1v) is 18.6. The summed E-state index contributed by atoms with van der Waals surface area (Å²) >= 11 is 0. The minimum absolute atomic E-state index is 0.863. The molecule has 0 bridgehead atoms. The number of fused-ring (bicyclic) bond motifs is 14. The lowest BCUT2D eigenvalue weighted by molar-refractivity contribution is 0.670. The predicted octanol–water partition coefficient (Wildman–Crippen LogP) is 12.9. The fourth-order valence-corrected chi connectivity index (χ4v) is 8.78. The van der Waals surface area contributed by atoms with Crippen LogP contribution in [0.5, 0.6) is 0 Å². The standard InChI is InChI=1S/C50H30N4O/c1-2-11-32(12-3-1)53-29-43-35-23-21-31(27-41(35)38-17-9-25-51-48(38)49-39(44(43)30-53)18-10-26-52-49)34-15-8-16-40-42-28-33(22-24-47(42)55-50(34)40)54-45-19-6-4-13-36(45)37-14-5-7-20-46(37)54/h1-30H. The highest BCUT2D eigenvalue weighted by molar-refractivity contribution is 6.13. The van der Waals surface area contributed by atoms with Crippen molar-refractivity contribution in [2.24, 2.45) is 0 Å². The third-order valence-corrected chi connectivity index (χ3v) is 11.2. The molecule has 55 heavy (non-hydrogen) atoms. The van der Waals surface area contributed by atoms with Crippen LogP contribution in [0, 0.1) is 0 Å². The van der Waals surface area contributed by atoms with Crippen molar-refractivity contribution in [3.8, 4) is 67.3 Å². The Labute approximate surface area is 316 Å². The van der Waals surface area contributed by atoms with Crippen LogP contribution in [0.25, 0.3) is 111 Å². The summed E-state index contributed by atoms with van der Waals surface area (Å²) in [6.07, 6.45) is 8.19. The predicted molar refractivity (Wildman–Crippen MR) is 224 cm³/mol. The monoisotopic (exact) mass is 702 g/mol. The zero-order chi connectivity index (χ0) is 36.0. The normalized spacial score (nSPS) is 12.0.